The third-order valence-electron chi connectivity index (χ3n) is 2.44. The Hall–Kier alpha value is -3.14. The van der Waals surface area contributed by atoms with Crippen LogP contribution in [0.2, 0.25) is 0 Å². The van der Waals surface area contributed by atoms with Crippen LogP contribution in [0.3, 0.4) is 0 Å². The Morgan fingerprint density at radius 3 is 2.05 bits per heavy atom. The molecule has 2 aromatic heterocycles. The van der Waals surface area contributed by atoms with E-state index in [1.807, 2.05) is 6.07 Å². The molecule has 0 aliphatic rings. The van der Waals surface area contributed by atoms with Crippen molar-refractivity contribution in [1.82, 2.24) is 9.97 Å². The van der Waals surface area contributed by atoms with Crippen LogP contribution in [0, 0.1) is 25.2 Å². The van der Waals surface area contributed by atoms with Gasteiger partial charge in [0, 0.05) is 0 Å². The van der Waals surface area contributed by atoms with Crippen molar-refractivity contribution < 1.29 is 20.1 Å². The molecular formula is C14H13N3O4. The van der Waals surface area contributed by atoms with Gasteiger partial charge in [-0.2, -0.15) is 5.26 Å². The lowest BCUT2D eigenvalue weighted by atomic mass is 10.2. The van der Waals surface area contributed by atoms with Crippen LogP contribution < -0.4 is 0 Å². The lowest BCUT2D eigenvalue weighted by Crippen LogP contribution is -2.02. The van der Waals surface area contributed by atoms with Gasteiger partial charge in [0.2, 0.25) is 0 Å². The van der Waals surface area contributed by atoms with Gasteiger partial charge in [-0.3, -0.25) is 0 Å². The Morgan fingerprint density at radius 1 is 1.10 bits per heavy atom. The molecule has 21 heavy (non-hydrogen) atoms. The highest BCUT2D eigenvalue weighted by atomic mass is 16.4. The molecular weight excluding hydrogens is 274 g/mol. The van der Waals surface area contributed by atoms with E-state index in [2.05, 4.69) is 9.97 Å². The number of aromatic carboxylic acids is 1. The molecule has 7 heteroatoms. The zero-order valence-electron chi connectivity index (χ0n) is 11.4. The van der Waals surface area contributed by atoms with Gasteiger partial charge in [-0.1, -0.05) is 0 Å². The summed E-state index contributed by atoms with van der Waals surface area (Å²) in [5, 5.41) is 34.7. The lowest BCUT2D eigenvalue weighted by molar-refractivity contribution is 0.0689. The average molecular weight is 287 g/mol. The molecule has 2 rings (SSSR count). The Labute approximate surface area is 120 Å². The van der Waals surface area contributed by atoms with E-state index in [-0.39, 0.29) is 17.2 Å². The molecule has 0 aliphatic carbocycles. The highest BCUT2D eigenvalue weighted by molar-refractivity contribution is 5.87. The molecule has 0 spiro atoms. The van der Waals surface area contributed by atoms with Gasteiger partial charge in [0.15, 0.2) is 5.69 Å². The van der Waals surface area contributed by atoms with E-state index in [0.29, 0.717) is 16.8 Å². The van der Waals surface area contributed by atoms with Crippen molar-refractivity contribution in [2.24, 2.45) is 0 Å². The topological polar surface area (TPSA) is 127 Å². The van der Waals surface area contributed by atoms with Gasteiger partial charge < -0.3 is 15.3 Å². The van der Waals surface area contributed by atoms with Crippen LogP contribution in [0.4, 0.5) is 0 Å². The molecule has 0 saturated carbocycles. The summed E-state index contributed by atoms with van der Waals surface area (Å²) < 4.78 is 0. The van der Waals surface area contributed by atoms with Gasteiger partial charge in [0.25, 0.3) is 0 Å². The smallest absolute Gasteiger partial charge is 0.354 e. The summed E-state index contributed by atoms with van der Waals surface area (Å²) in [6, 6.07) is 4.76. The van der Waals surface area contributed by atoms with Crippen LogP contribution >= 0.6 is 0 Å². The van der Waals surface area contributed by atoms with Crippen molar-refractivity contribution in [3.8, 4) is 17.6 Å². The number of carboxylic acids is 1. The molecule has 3 N–H and O–H groups in total. The number of nitriles is 1. The SMILES string of the molecule is Cc1cc(O)cnc1C#N.Cc1cc(O)cnc1C(=O)O. The number of carbonyl (C=O) groups is 1. The first kappa shape index (κ1) is 15.9. The predicted molar refractivity (Wildman–Crippen MR) is 73.0 cm³/mol. The number of hydrogen-bond donors (Lipinski definition) is 3. The normalized spacial score (nSPS) is 9.19. The second kappa shape index (κ2) is 6.86. The molecule has 0 fully saturated rings. The highest BCUT2D eigenvalue weighted by Gasteiger charge is 2.07. The number of carboxylic acid groups (broad SMARTS) is 1. The van der Waals surface area contributed by atoms with Gasteiger partial charge in [-0.15, -0.1) is 0 Å². The zero-order chi connectivity index (χ0) is 16.0. The largest absolute Gasteiger partial charge is 0.506 e. The monoisotopic (exact) mass is 287 g/mol. The van der Waals surface area contributed by atoms with E-state index in [4.69, 9.17) is 20.6 Å². The number of aromatic nitrogens is 2. The molecule has 2 heterocycles. The number of hydrogen-bond acceptors (Lipinski definition) is 6. The van der Waals surface area contributed by atoms with Crippen LogP contribution in [-0.4, -0.2) is 31.3 Å². The first-order chi connectivity index (χ1) is 9.85. The van der Waals surface area contributed by atoms with Gasteiger partial charge in [-0.05, 0) is 37.1 Å². The van der Waals surface area contributed by atoms with E-state index < -0.39 is 5.97 Å². The van der Waals surface area contributed by atoms with Gasteiger partial charge in [0.1, 0.15) is 23.3 Å². The third kappa shape index (κ3) is 4.47. The summed E-state index contributed by atoms with van der Waals surface area (Å²) in [5.41, 5.74) is 1.49. The zero-order valence-corrected chi connectivity index (χ0v) is 11.4. The number of aryl methyl sites for hydroxylation is 2. The number of pyridine rings is 2. The highest BCUT2D eigenvalue weighted by Crippen LogP contribution is 2.12. The fourth-order valence-electron chi connectivity index (χ4n) is 1.46. The minimum Gasteiger partial charge on any atom is -0.506 e. The Balaban J connectivity index is 0.000000211. The molecule has 0 aliphatic heterocycles. The average Bonchev–Trinajstić information content (AvgIpc) is 2.39. The van der Waals surface area contributed by atoms with Crippen LogP contribution in [-0.2, 0) is 0 Å². The fraction of sp³-hybridized carbons (Fsp3) is 0.143. The number of nitrogens with zero attached hydrogens (tertiary/aromatic N) is 3. The summed E-state index contributed by atoms with van der Waals surface area (Å²) in [6.45, 7) is 3.31. The Kier molecular flexibility index (Phi) is 5.20. The van der Waals surface area contributed by atoms with Crippen molar-refractivity contribution in [2.45, 2.75) is 13.8 Å². The van der Waals surface area contributed by atoms with E-state index in [9.17, 15) is 4.79 Å². The summed E-state index contributed by atoms with van der Waals surface area (Å²) in [7, 11) is 0. The van der Waals surface area contributed by atoms with Crippen molar-refractivity contribution in [2.75, 3.05) is 0 Å². The van der Waals surface area contributed by atoms with E-state index >= 15 is 0 Å². The van der Waals surface area contributed by atoms with Gasteiger partial charge in [-0.25, -0.2) is 14.8 Å². The van der Waals surface area contributed by atoms with Gasteiger partial charge in [0.05, 0.1) is 12.4 Å². The predicted octanol–water partition coefficient (Wildman–Crippen LogP) is 1.76. The second-order valence-corrected chi connectivity index (χ2v) is 4.13. The van der Waals surface area contributed by atoms with Crippen LogP contribution in [0.5, 0.6) is 11.5 Å². The Morgan fingerprint density at radius 2 is 1.62 bits per heavy atom. The minimum absolute atomic E-state index is 0.0208. The minimum atomic E-state index is -1.08. The maximum atomic E-state index is 10.4. The maximum absolute atomic E-state index is 10.4. The molecule has 108 valence electrons. The van der Waals surface area contributed by atoms with Crippen LogP contribution in [0.25, 0.3) is 0 Å². The van der Waals surface area contributed by atoms with E-state index in [1.165, 1.54) is 18.3 Å². The summed E-state index contributed by atoms with van der Waals surface area (Å²) in [4.78, 5) is 17.6. The molecule has 0 unspecified atom stereocenters. The molecule has 0 radical (unpaired) electrons. The first-order valence-corrected chi connectivity index (χ1v) is 5.79. The van der Waals surface area contributed by atoms with E-state index in [0.717, 1.165) is 6.20 Å². The van der Waals surface area contributed by atoms with Crippen molar-refractivity contribution >= 4 is 5.97 Å². The third-order valence-corrected chi connectivity index (χ3v) is 2.44. The second-order valence-electron chi connectivity index (χ2n) is 4.13. The first-order valence-electron chi connectivity index (χ1n) is 5.79. The standard InChI is InChI=1S/C7H6N2O.C7H7NO3/c1-5-2-6(10)4-9-7(5)3-8;1-4-2-5(9)3-8-6(4)7(10)11/h2,4,10H,1H3;2-3,9H,1H3,(H,10,11). The maximum Gasteiger partial charge on any atom is 0.354 e. The summed E-state index contributed by atoms with van der Waals surface area (Å²) in [6.07, 6.45) is 2.36. The molecule has 0 bridgehead atoms. The number of rotatable bonds is 1. The summed E-state index contributed by atoms with van der Waals surface area (Å²) >= 11 is 0. The van der Waals surface area contributed by atoms with Crippen LogP contribution in [0.1, 0.15) is 27.3 Å². The quantitative estimate of drug-likeness (QED) is 0.729. The molecule has 0 saturated heterocycles. The lowest BCUT2D eigenvalue weighted by Gasteiger charge is -1.98. The van der Waals surface area contributed by atoms with Gasteiger partial charge >= 0.3 is 5.97 Å². The van der Waals surface area contributed by atoms with Crippen molar-refractivity contribution in [3.05, 3.63) is 47.0 Å². The molecule has 7 nitrogen and oxygen atoms in total. The number of aromatic hydroxyl groups is 2. The summed E-state index contributed by atoms with van der Waals surface area (Å²) in [5.74, 6) is -1.01. The Bertz CT molecular complexity index is 708. The molecule has 0 aromatic carbocycles. The molecule has 2 aromatic rings. The fourth-order valence-corrected chi connectivity index (χ4v) is 1.46. The van der Waals surface area contributed by atoms with Crippen molar-refractivity contribution in [3.63, 3.8) is 0 Å². The van der Waals surface area contributed by atoms with Crippen LogP contribution in [0.15, 0.2) is 24.5 Å². The van der Waals surface area contributed by atoms with Crippen molar-refractivity contribution in [1.29, 1.82) is 5.26 Å². The molecule has 0 atom stereocenters. The van der Waals surface area contributed by atoms with E-state index in [1.54, 1.807) is 13.8 Å². The molecule has 0 amide bonds.